The average molecular weight is 169 g/mol. The van der Waals surface area contributed by atoms with Crippen LogP contribution in [0.25, 0.3) is 0 Å². The quantitative estimate of drug-likeness (QED) is 0.490. The van der Waals surface area contributed by atoms with E-state index in [0.29, 0.717) is 6.04 Å². The molecule has 0 unspecified atom stereocenters. The molecule has 0 aliphatic heterocycles. The molecule has 0 amide bonds. The summed E-state index contributed by atoms with van der Waals surface area (Å²) in [5, 5.41) is 0. The lowest BCUT2D eigenvalue weighted by molar-refractivity contribution is 0.184. The Kier molecular flexibility index (Phi) is 2.95. The summed E-state index contributed by atoms with van der Waals surface area (Å²) in [6.07, 6.45) is 3.61. The lowest BCUT2D eigenvalue weighted by Gasteiger charge is -2.36. The largest absolute Gasteiger partial charge is 0.370 e. The number of nitrogens with zero attached hydrogens (tertiary/aromatic N) is 1. The van der Waals surface area contributed by atoms with Crippen molar-refractivity contribution >= 4 is 5.96 Å². The zero-order valence-electron chi connectivity index (χ0n) is 7.96. The highest BCUT2D eigenvalue weighted by Crippen LogP contribution is 2.36. The summed E-state index contributed by atoms with van der Waals surface area (Å²) >= 11 is 0. The van der Waals surface area contributed by atoms with Crippen LogP contribution in [-0.4, -0.2) is 12.0 Å². The monoisotopic (exact) mass is 169 g/mol. The van der Waals surface area contributed by atoms with Gasteiger partial charge < -0.3 is 11.5 Å². The number of guanidine groups is 1. The normalized spacial score (nSPS) is 30.5. The lowest BCUT2D eigenvalue weighted by atomic mass is 9.72. The predicted molar refractivity (Wildman–Crippen MR) is 51.8 cm³/mol. The molecule has 3 nitrogen and oxygen atoms in total. The van der Waals surface area contributed by atoms with Crippen LogP contribution in [0.2, 0.25) is 0 Å². The summed E-state index contributed by atoms with van der Waals surface area (Å²) in [6.45, 7) is 4.54. The molecular formula is C9H19N3. The third-order valence-corrected chi connectivity index (χ3v) is 2.93. The first kappa shape index (κ1) is 9.36. The number of nitrogens with two attached hydrogens (primary N) is 2. The van der Waals surface area contributed by atoms with Crippen molar-refractivity contribution in [2.75, 3.05) is 0 Å². The van der Waals surface area contributed by atoms with Gasteiger partial charge in [0.2, 0.25) is 0 Å². The molecular weight excluding hydrogens is 150 g/mol. The Morgan fingerprint density at radius 3 is 2.50 bits per heavy atom. The minimum absolute atomic E-state index is 0.239. The van der Waals surface area contributed by atoms with Crippen LogP contribution >= 0.6 is 0 Å². The Hall–Kier alpha value is -0.730. The molecule has 1 saturated carbocycles. The molecule has 0 saturated heterocycles. The molecule has 0 bridgehead atoms. The van der Waals surface area contributed by atoms with Crippen LogP contribution in [0.1, 0.15) is 33.1 Å². The van der Waals surface area contributed by atoms with Crippen LogP contribution in [0.3, 0.4) is 0 Å². The second-order valence-electron chi connectivity index (χ2n) is 3.82. The molecule has 0 spiro atoms. The van der Waals surface area contributed by atoms with Crippen molar-refractivity contribution in [3.05, 3.63) is 0 Å². The highest BCUT2D eigenvalue weighted by Gasteiger charge is 2.31. The van der Waals surface area contributed by atoms with E-state index in [1.54, 1.807) is 0 Å². The summed E-state index contributed by atoms with van der Waals surface area (Å²) in [5.41, 5.74) is 10.6. The van der Waals surface area contributed by atoms with Crippen molar-refractivity contribution in [1.82, 2.24) is 0 Å². The third-order valence-electron chi connectivity index (χ3n) is 2.93. The van der Waals surface area contributed by atoms with E-state index in [0.717, 1.165) is 11.8 Å². The molecule has 1 fully saturated rings. The van der Waals surface area contributed by atoms with E-state index in [2.05, 4.69) is 18.8 Å². The molecule has 0 radical (unpaired) electrons. The van der Waals surface area contributed by atoms with E-state index in [1.807, 2.05) is 0 Å². The van der Waals surface area contributed by atoms with E-state index in [9.17, 15) is 0 Å². The standard InChI is InChI=1S/C9H19N3/c1-3-6(2)7-4-8(5-7)12-9(10)11/h6-8H,3-5H2,1-2H3,(H4,10,11,12)/t6-,7?,8?/m1/s1. The predicted octanol–water partition coefficient (Wildman–Crippen LogP) is 1.08. The Morgan fingerprint density at radius 1 is 1.50 bits per heavy atom. The van der Waals surface area contributed by atoms with Crippen LogP contribution in [0.15, 0.2) is 4.99 Å². The molecule has 0 aromatic heterocycles. The second kappa shape index (κ2) is 3.78. The smallest absolute Gasteiger partial charge is 0.186 e. The summed E-state index contributed by atoms with van der Waals surface area (Å²) in [7, 11) is 0. The molecule has 1 aliphatic rings. The van der Waals surface area contributed by atoms with Gasteiger partial charge in [-0.2, -0.15) is 0 Å². The number of hydrogen-bond acceptors (Lipinski definition) is 1. The van der Waals surface area contributed by atoms with Crippen LogP contribution in [0, 0.1) is 11.8 Å². The first-order valence-electron chi connectivity index (χ1n) is 4.72. The highest BCUT2D eigenvalue weighted by molar-refractivity contribution is 5.75. The van der Waals surface area contributed by atoms with Crippen molar-refractivity contribution in [3.63, 3.8) is 0 Å². The van der Waals surface area contributed by atoms with Gasteiger partial charge in [-0.15, -0.1) is 0 Å². The minimum Gasteiger partial charge on any atom is -0.370 e. The fraction of sp³-hybridized carbons (Fsp3) is 0.889. The number of aliphatic imine (C=N–C) groups is 1. The molecule has 0 aromatic rings. The Labute approximate surface area is 74.2 Å². The zero-order chi connectivity index (χ0) is 9.14. The maximum atomic E-state index is 5.28. The zero-order valence-corrected chi connectivity index (χ0v) is 7.96. The minimum atomic E-state index is 0.239. The summed E-state index contributed by atoms with van der Waals surface area (Å²) < 4.78 is 0. The molecule has 1 rings (SSSR count). The first-order valence-corrected chi connectivity index (χ1v) is 4.72. The van der Waals surface area contributed by atoms with Crippen LogP contribution < -0.4 is 11.5 Å². The first-order chi connectivity index (χ1) is 5.63. The Bertz CT molecular complexity index is 167. The van der Waals surface area contributed by atoms with E-state index in [4.69, 9.17) is 11.5 Å². The summed E-state index contributed by atoms with van der Waals surface area (Å²) in [4.78, 5) is 4.12. The van der Waals surface area contributed by atoms with Gasteiger partial charge in [-0.1, -0.05) is 20.3 Å². The topological polar surface area (TPSA) is 64.4 Å². The van der Waals surface area contributed by atoms with Gasteiger partial charge in [0.05, 0.1) is 6.04 Å². The molecule has 0 heterocycles. The molecule has 70 valence electrons. The molecule has 3 heteroatoms. The van der Waals surface area contributed by atoms with E-state index >= 15 is 0 Å². The lowest BCUT2D eigenvalue weighted by Crippen LogP contribution is -2.35. The second-order valence-corrected chi connectivity index (χ2v) is 3.82. The summed E-state index contributed by atoms with van der Waals surface area (Å²) in [5.74, 6) is 1.92. The number of hydrogen-bond donors (Lipinski definition) is 2. The molecule has 1 atom stereocenters. The van der Waals surface area contributed by atoms with Gasteiger partial charge in [-0.3, -0.25) is 4.99 Å². The van der Waals surface area contributed by atoms with E-state index in [1.165, 1.54) is 19.3 Å². The number of rotatable bonds is 3. The average Bonchev–Trinajstić information content (AvgIpc) is 1.94. The molecule has 0 aromatic carbocycles. The van der Waals surface area contributed by atoms with Crippen molar-refractivity contribution in [1.29, 1.82) is 0 Å². The van der Waals surface area contributed by atoms with Gasteiger partial charge in [0, 0.05) is 0 Å². The van der Waals surface area contributed by atoms with Crippen LogP contribution in [-0.2, 0) is 0 Å². The van der Waals surface area contributed by atoms with Crippen molar-refractivity contribution in [3.8, 4) is 0 Å². The summed E-state index contributed by atoms with van der Waals surface area (Å²) in [6, 6.07) is 0.411. The van der Waals surface area contributed by atoms with Crippen LogP contribution in [0.4, 0.5) is 0 Å². The fourth-order valence-corrected chi connectivity index (χ4v) is 1.74. The van der Waals surface area contributed by atoms with Crippen LogP contribution in [0.5, 0.6) is 0 Å². The molecule has 4 N–H and O–H groups in total. The van der Waals surface area contributed by atoms with Crippen molar-refractivity contribution in [2.24, 2.45) is 28.3 Å². The molecule has 12 heavy (non-hydrogen) atoms. The van der Waals surface area contributed by atoms with Gasteiger partial charge in [0.15, 0.2) is 5.96 Å². The maximum absolute atomic E-state index is 5.28. The van der Waals surface area contributed by atoms with Gasteiger partial charge in [0.25, 0.3) is 0 Å². The SMILES string of the molecule is CC[C@@H](C)C1CC(N=C(N)N)C1. The van der Waals surface area contributed by atoms with Gasteiger partial charge in [0.1, 0.15) is 0 Å². The van der Waals surface area contributed by atoms with Gasteiger partial charge in [-0.25, -0.2) is 0 Å². The van der Waals surface area contributed by atoms with E-state index < -0.39 is 0 Å². The molecule has 1 aliphatic carbocycles. The van der Waals surface area contributed by atoms with Gasteiger partial charge >= 0.3 is 0 Å². The van der Waals surface area contributed by atoms with E-state index in [-0.39, 0.29) is 5.96 Å². The van der Waals surface area contributed by atoms with Crippen molar-refractivity contribution in [2.45, 2.75) is 39.2 Å². The Morgan fingerprint density at radius 2 is 2.08 bits per heavy atom. The fourth-order valence-electron chi connectivity index (χ4n) is 1.74. The maximum Gasteiger partial charge on any atom is 0.186 e. The van der Waals surface area contributed by atoms with Gasteiger partial charge in [-0.05, 0) is 24.7 Å². The highest BCUT2D eigenvalue weighted by atomic mass is 15.0. The Balaban J connectivity index is 2.24. The van der Waals surface area contributed by atoms with Crippen molar-refractivity contribution < 1.29 is 0 Å². The third kappa shape index (κ3) is 2.13.